The fourth-order valence-electron chi connectivity index (χ4n) is 6.11. The molecule has 0 aromatic heterocycles. The molecule has 0 unspecified atom stereocenters. The van der Waals surface area contributed by atoms with Gasteiger partial charge in [-0.25, -0.2) is 0 Å². The molecule has 5 heteroatoms. The Bertz CT molecular complexity index is 750. The molecule has 0 saturated carbocycles. The standard InChI is InChI=1S/C25H37NO4/c1-24(2)21-15-25(8-10-26(11-9-25)16-18-6-12-28-13-7-18)17-29-23(21)20-14-19(27-3)4-5-22(20)30-24/h4-5,14,18,21,23H,6-13,15-17H2,1-3H3/t21-,23+/m0/s1. The van der Waals surface area contributed by atoms with Crippen LogP contribution in [0.5, 0.6) is 11.5 Å². The van der Waals surface area contributed by atoms with E-state index in [2.05, 4.69) is 24.8 Å². The third-order valence-corrected chi connectivity index (χ3v) is 8.15. The number of ether oxygens (including phenoxy) is 4. The van der Waals surface area contributed by atoms with E-state index in [4.69, 9.17) is 18.9 Å². The monoisotopic (exact) mass is 415 g/mol. The normalized spacial score (nSPS) is 30.9. The molecule has 1 spiro atoms. The highest BCUT2D eigenvalue weighted by atomic mass is 16.5. The summed E-state index contributed by atoms with van der Waals surface area (Å²) in [6, 6.07) is 6.12. The Hall–Kier alpha value is -1.30. The Labute approximate surface area is 181 Å². The lowest BCUT2D eigenvalue weighted by atomic mass is 9.64. The van der Waals surface area contributed by atoms with Crippen LogP contribution in [0.4, 0.5) is 0 Å². The van der Waals surface area contributed by atoms with Gasteiger partial charge < -0.3 is 23.8 Å². The van der Waals surface area contributed by atoms with Gasteiger partial charge in [0, 0.05) is 31.2 Å². The van der Waals surface area contributed by atoms with Crippen LogP contribution < -0.4 is 9.47 Å². The Kier molecular flexibility index (Phi) is 5.49. The second kappa shape index (κ2) is 7.99. The van der Waals surface area contributed by atoms with Crippen molar-refractivity contribution < 1.29 is 18.9 Å². The molecule has 30 heavy (non-hydrogen) atoms. The summed E-state index contributed by atoms with van der Waals surface area (Å²) in [6.07, 6.45) is 6.21. The Morgan fingerprint density at radius 2 is 1.90 bits per heavy atom. The molecule has 0 amide bonds. The zero-order valence-electron chi connectivity index (χ0n) is 18.8. The lowest BCUT2D eigenvalue weighted by molar-refractivity contribution is -0.174. The van der Waals surface area contributed by atoms with Gasteiger partial charge >= 0.3 is 0 Å². The molecule has 0 N–H and O–H groups in total. The van der Waals surface area contributed by atoms with Crippen molar-refractivity contribution in [2.75, 3.05) is 46.6 Å². The minimum atomic E-state index is -0.223. The first kappa shape index (κ1) is 20.6. The smallest absolute Gasteiger partial charge is 0.126 e. The van der Waals surface area contributed by atoms with E-state index in [-0.39, 0.29) is 11.7 Å². The number of methoxy groups -OCH3 is 1. The number of hydrogen-bond donors (Lipinski definition) is 0. The second-order valence-corrected chi connectivity index (χ2v) is 10.5. The topological polar surface area (TPSA) is 40.2 Å². The molecule has 4 aliphatic rings. The largest absolute Gasteiger partial charge is 0.497 e. The third-order valence-electron chi connectivity index (χ3n) is 8.15. The summed E-state index contributed by atoms with van der Waals surface area (Å²) in [4.78, 5) is 2.69. The number of hydrogen-bond acceptors (Lipinski definition) is 5. The highest BCUT2D eigenvalue weighted by Crippen LogP contribution is 2.55. The van der Waals surface area contributed by atoms with Gasteiger partial charge in [0.05, 0.1) is 19.8 Å². The van der Waals surface area contributed by atoms with Crippen molar-refractivity contribution >= 4 is 0 Å². The molecule has 5 nitrogen and oxygen atoms in total. The maximum atomic E-state index is 6.65. The average Bonchev–Trinajstić information content (AvgIpc) is 2.76. The SMILES string of the molecule is COc1ccc2c(c1)[C@H]1OCC3(CCN(CC4CCOCC4)CC3)C[C@@H]1C(C)(C)O2. The number of rotatable bonds is 3. The summed E-state index contributed by atoms with van der Waals surface area (Å²) in [5.74, 6) is 3.01. The predicted octanol–water partition coefficient (Wildman–Crippen LogP) is 4.45. The molecule has 2 atom stereocenters. The third kappa shape index (κ3) is 3.85. The highest BCUT2D eigenvalue weighted by molar-refractivity contribution is 5.44. The van der Waals surface area contributed by atoms with E-state index in [1.165, 1.54) is 51.7 Å². The lowest BCUT2D eigenvalue weighted by Crippen LogP contribution is -2.54. The van der Waals surface area contributed by atoms with Crippen LogP contribution in [-0.4, -0.2) is 57.1 Å². The number of nitrogens with zero attached hydrogens (tertiary/aromatic N) is 1. The van der Waals surface area contributed by atoms with Crippen molar-refractivity contribution in [3.8, 4) is 11.5 Å². The molecule has 1 aromatic rings. The van der Waals surface area contributed by atoms with Crippen LogP contribution in [0.15, 0.2) is 18.2 Å². The van der Waals surface area contributed by atoms with Gasteiger partial charge in [-0.3, -0.25) is 0 Å². The van der Waals surface area contributed by atoms with Gasteiger partial charge in [-0.1, -0.05) is 0 Å². The minimum absolute atomic E-state index is 0.102. The molecule has 4 aliphatic heterocycles. The quantitative estimate of drug-likeness (QED) is 0.729. The second-order valence-electron chi connectivity index (χ2n) is 10.5. The highest BCUT2D eigenvalue weighted by Gasteiger charge is 2.52. The Morgan fingerprint density at radius 1 is 1.13 bits per heavy atom. The van der Waals surface area contributed by atoms with Gasteiger partial charge in [0.2, 0.25) is 0 Å². The van der Waals surface area contributed by atoms with Crippen LogP contribution in [0.1, 0.15) is 57.6 Å². The van der Waals surface area contributed by atoms with Crippen molar-refractivity contribution in [2.45, 2.75) is 57.7 Å². The molecule has 4 heterocycles. The predicted molar refractivity (Wildman–Crippen MR) is 116 cm³/mol. The first-order valence-electron chi connectivity index (χ1n) is 11.8. The van der Waals surface area contributed by atoms with E-state index < -0.39 is 0 Å². The van der Waals surface area contributed by atoms with E-state index in [1.54, 1.807) is 7.11 Å². The van der Waals surface area contributed by atoms with Crippen LogP contribution in [0.2, 0.25) is 0 Å². The minimum Gasteiger partial charge on any atom is -0.497 e. The van der Waals surface area contributed by atoms with E-state index >= 15 is 0 Å². The van der Waals surface area contributed by atoms with Gasteiger partial charge in [-0.15, -0.1) is 0 Å². The van der Waals surface area contributed by atoms with E-state index in [9.17, 15) is 0 Å². The van der Waals surface area contributed by atoms with Crippen LogP contribution >= 0.6 is 0 Å². The molecular weight excluding hydrogens is 378 g/mol. The number of piperidine rings is 1. The first-order valence-corrected chi connectivity index (χ1v) is 11.8. The van der Waals surface area contributed by atoms with Gasteiger partial charge in [0.1, 0.15) is 17.1 Å². The Morgan fingerprint density at radius 3 is 2.63 bits per heavy atom. The number of fused-ring (bicyclic) bond motifs is 3. The van der Waals surface area contributed by atoms with Crippen LogP contribution in [0.3, 0.4) is 0 Å². The van der Waals surface area contributed by atoms with Crippen molar-refractivity contribution in [3.63, 3.8) is 0 Å². The Balaban J connectivity index is 1.27. The van der Waals surface area contributed by atoms with Crippen molar-refractivity contribution in [2.24, 2.45) is 17.3 Å². The fourth-order valence-corrected chi connectivity index (χ4v) is 6.11. The average molecular weight is 416 g/mol. The maximum absolute atomic E-state index is 6.65. The summed E-state index contributed by atoms with van der Waals surface area (Å²) >= 11 is 0. The van der Waals surface area contributed by atoms with E-state index in [1.807, 2.05) is 12.1 Å². The van der Waals surface area contributed by atoms with Gasteiger partial charge in [0.25, 0.3) is 0 Å². The zero-order chi connectivity index (χ0) is 20.8. The molecule has 3 fully saturated rings. The molecule has 0 bridgehead atoms. The van der Waals surface area contributed by atoms with Crippen molar-refractivity contribution in [1.29, 1.82) is 0 Å². The molecule has 0 radical (unpaired) electrons. The number of benzene rings is 1. The molecule has 5 rings (SSSR count). The summed E-state index contributed by atoms with van der Waals surface area (Å²) in [5.41, 5.74) is 1.23. The summed E-state index contributed by atoms with van der Waals surface area (Å²) < 4.78 is 24.1. The lowest BCUT2D eigenvalue weighted by Gasteiger charge is -2.54. The molecule has 3 saturated heterocycles. The summed E-state index contributed by atoms with van der Waals surface area (Å²) in [7, 11) is 1.72. The maximum Gasteiger partial charge on any atom is 0.126 e. The van der Waals surface area contributed by atoms with Crippen molar-refractivity contribution in [1.82, 2.24) is 4.90 Å². The van der Waals surface area contributed by atoms with Gasteiger partial charge in [0.15, 0.2) is 0 Å². The van der Waals surface area contributed by atoms with Crippen LogP contribution in [-0.2, 0) is 9.47 Å². The van der Waals surface area contributed by atoms with E-state index in [0.29, 0.717) is 11.3 Å². The molecule has 166 valence electrons. The van der Waals surface area contributed by atoms with E-state index in [0.717, 1.165) is 42.8 Å². The van der Waals surface area contributed by atoms with Crippen LogP contribution in [0.25, 0.3) is 0 Å². The van der Waals surface area contributed by atoms with Crippen LogP contribution in [0, 0.1) is 17.3 Å². The number of likely N-dealkylation sites (tertiary alicyclic amines) is 1. The van der Waals surface area contributed by atoms with Gasteiger partial charge in [-0.05, 0) is 88.6 Å². The summed E-state index contributed by atoms with van der Waals surface area (Å²) in [6.45, 7) is 10.9. The summed E-state index contributed by atoms with van der Waals surface area (Å²) in [5, 5.41) is 0. The fraction of sp³-hybridized carbons (Fsp3) is 0.760. The zero-order valence-corrected chi connectivity index (χ0v) is 18.8. The molecule has 1 aromatic carbocycles. The molecule has 0 aliphatic carbocycles. The van der Waals surface area contributed by atoms with Gasteiger partial charge in [-0.2, -0.15) is 0 Å². The first-order chi connectivity index (χ1) is 14.5. The molecular formula is C25H37NO4. The van der Waals surface area contributed by atoms with Crippen molar-refractivity contribution in [3.05, 3.63) is 23.8 Å².